The second-order valence-electron chi connectivity index (χ2n) is 14.4. The van der Waals surface area contributed by atoms with Gasteiger partial charge in [-0.15, -0.1) is 0 Å². The highest BCUT2D eigenvalue weighted by atomic mass is 32.1. The number of likely N-dealkylation sites (tertiary alicyclic amines) is 2. The molecule has 49 heavy (non-hydrogen) atoms. The van der Waals surface area contributed by atoms with Gasteiger partial charge in [-0.1, -0.05) is 60.7 Å². The summed E-state index contributed by atoms with van der Waals surface area (Å²) in [5, 5.41) is 0. The van der Waals surface area contributed by atoms with Crippen LogP contribution in [0.5, 0.6) is 0 Å². The van der Waals surface area contributed by atoms with Crippen molar-refractivity contribution in [2.75, 3.05) is 13.1 Å². The molecule has 0 radical (unpaired) electrons. The molecule has 2 amide bonds. The number of H-pyrrole nitrogens is 2. The topological polar surface area (TPSA) is 116 Å². The Morgan fingerprint density at radius 1 is 0.714 bits per heavy atom. The van der Waals surface area contributed by atoms with Crippen molar-refractivity contribution >= 4 is 39.2 Å². The Balaban J connectivity index is 0.00000270. The van der Waals surface area contributed by atoms with Gasteiger partial charge in [-0.2, -0.15) is 27.0 Å². The van der Waals surface area contributed by atoms with Crippen LogP contribution in [-0.2, 0) is 9.47 Å². The summed E-state index contributed by atoms with van der Waals surface area (Å²) in [6.45, 7) is 16.5. The van der Waals surface area contributed by atoms with Gasteiger partial charge < -0.3 is 19.4 Å². The molecule has 4 aromatic rings. The Labute approximate surface area is 302 Å². The van der Waals surface area contributed by atoms with Crippen LogP contribution in [0.15, 0.2) is 73.1 Å². The maximum Gasteiger partial charge on any atom is 0.411 e. The maximum absolute atomic E-state index is 12.9. The number of benzene rings is 2. The van der Waals surface area contributed by atoms with Gasteiger partial charge in [-0.25, -0.2) is 19.6 Å². The van der Waals surface area contributed by atoms with Crippen molar-refractivity contribution in [1.82, 2.24) is 29.7 Å². The lowest BCUT2D eigenvalue weighted by molar-refractivity contribution is 0.0210. The molecule has 2 aromatic carbocycles. The zero-order chi connectivity index (χ0) is 33.5. The van der Waals surface area contributed by atoms with Crippen molar-refractivity contribution < 1.29 is 19.1 Å². The molecule has 0 bridgehead atoms. The summed E-state index contributed by atoms with van der Waals surface area (Å²) in [7, 11) is 0. The number of hydrogen-bond donors (Lipinski definition) is 2. The standard InChI is InChI=1S/C37H44N6O4.2H2S/c1-23-19-31(43(22-23)35(45)47-37(5,6)7)33-39-21-29(41-33)27-16-12-25(13-17-27)24-10-14-26(15-11-24)28-20-38-32(40-28)30-9-8-18-42(30)34(44)46-36(2,3)4;;/h10-17,20-21,30-31H,1,8-9,18-19,22H2,2-7H3,(H,38,40)(H,39,41);2*1H2/t30-,31-;;/m0../s1. The lowest BCUT2D eigenvalue weighted by atomic mass is 10.0. The molecular weight excluding hydrogens is 657 g/mol. The summed E-state index contributed by atoms with van der Waals surface area (Å²) in [5.41, 5.74) is 5.85. The minimum Gasteiger partial charge on any atom is -0.444 e. The lowest BCUT2D eigenvalue weighted by Crippen LogP contribution is -2.36. The van der Waals surface area contributed by atoms with E-state index in [0.717, 1.165) is 63.7 Å². The van der Waals surface area contributed by atoms with Crippen LogP contribution in [0, 0.1) is 0 Å². The molecule has 12 heteroatoms. The number of nitrogens with zero attached hydrogens (tertiary/aromatic N) is 4. The number of aromatic amines is 2. The van der Waals surface area contributed by atoms with Gasteiger partial charge in [0.2, 0.25) is 0 Å². The molecule has 2 aliphatic heterocycles. The van der Waals surface area contributed by atoms with Crippen molar-refractivity contribution in [3.63, 3.8) is 0 Å². The maximum atomic E-state index is 12.9. The number of imidazole rings is 2. The van der Waals surface area contributed by atoms with E-state index in [1.54, 1.807) is 9.80 Å². The molecule has 0 spiro atoms. The van der Waals surface area contributed by atoms with Crippen LogP contribution in [0.2, 0.25) is 0 Å². The molecule has 10 nitrogen and oxygen atoms in total. The highest BCUT2D eigenvalue weighted by Gasteiger charge is 2.37. The summed E-state index contributed by atoms with van der Waals surface area (Å²) in [6, 6.07) is 16.3. The number of nitrogens with one attached hydrogen (secondary N) is 2. The van der Waals surface area contributed by atoms with E-state index < -0.39 is 11.2 Å². The largest absolute Gasteiger partial charge is 0.444 e. The smallest absolute Gasteiger partial charge is 0.411 e. The first-order valence-electron chi connectivity index (χ1n) is 16.2. The van der Waals surface area contributed by atoms with Crippen molar-refractivity contribution in [2.24, 2.45) is 0 Å². The Morgan fingerprint density at radius 3 is 1.61 bits per heavy atom. The number of amides is 2. The molecule has 0 aliphatic carbocycles. The minimum atomic E-state index is -0.577. The Bertz CT molecular complexity index is 1770. The van der Waals surface area contributed by atoms with Gasteiger partial charge >= 0.3 is 12.2 Å². The number of hydrogen-bond acceptors (Lipinski definition) is 6. The Kier molecular flexibility index (Phi) is 11.3. The van der Waals surface area contributed by atoms with E-state index in [1.165, 1.54) is 0 Å². The van der Waals surface area contributed by atoms with Gasteiger partial charge in [0.15, 0.2) is 0 Å². The van der Waals surface area contributed by atoms with Crippen LogP contribution in [0.25, 0.3) is 33.6 Å². The van der Waals surface area contributed by atoms with E-state index in [1.807, 2.05) is 53.9 Å². The SMILES string of the molecule is C=C1C[C@@H](c2ncc(-c3ccc(-c4ccc(-c5cnc([C@@H]6CCCN6C(=O)OC(C)(C)C)[nH]5)cc4)cc3)[nH]2)N(C(=O)OC(C)(C)C)C1.S.S. The monoisotopic (exact) mass is 704 g/mol. The molecule has 0 unspecified atom stereocenters. The Morgan fingerprint density at radius 2 is 1.14 bits per heavy atom. The van der Waals surface area contributed by atoms with E-state index in [2.05, 4.69) is 75.0 Å². The first-order valence-corrected chi connectivity index (χ1v) is 16.2. The van der Waals surface area contributed by atoms with Crippen molar-refractivity contribution in [2.45, 2.75) is 84.1 Å². The van der Waals surface area contributed by atoms with Gasteiger partial charge in [0.25, 0.3) is 0 Å². The van der Waals surface area contributed by atoms with Crippen molar-refractivity contribution in [3.8, 4) is 33.6 Å². The zero-order valence-corrected chi connectivity index (χ0v) is 31.1. The first kappa shape index (κ1) is 37.7. The van der Waals surface area contributed by atoms with Gasteiger partial charge in [0.05, 0.1) is 35.9 Å². The summed E-state index contributed by atoms with van der Waals surface area (Å²) in [5.74, 6) is 1.50. The predicted octanol–water partition coefficient (Wildman–Crippen LogP) is 8.67. The first-order chi connectivity index (χ1) is 22.2. The van der Waals surface area contributed by atoms with E-state index in [4.69, 9.17) is 9.47 Å². The zero-order valence-electron chi connectivity index (χ0n) is 29.1. The van der Waals surface area contributed by atoms with Crippen LogP contribution in [-0.4, -0.2) is 66.2 Å². The van der Waals surface area contributed by atoms with Crippen molar-refractivity contribution in [3.05, 3.63) is 84.7 Å². The molecule has 2 aromatic heterocycles. The molecule has 2 atom stereocenters. The molecule has 4 heterocycles. The molecule has 2 N–H and O–H groups in total. The average molecular weight is 705 g/mol. The van der Waals surface area contributed by atoms with E-state index in [0.29, 0.717) is 19.5 Å². The number of carbonyl (C=O) groups is 2. The average Bonchev–Trinajstić information content (AvgIpc) is 3.81. The molecule has 2 fully saturated rings. The fourth-order valence-corrected chi connectivity index (χ4v) is 6.14. The van der Waals surface area contributed by atoms with Crippen LogP contribution < -0.4 is 0 Å². The number of rotatable bonds is 5. The number of carbonyl (C=O) groups excluding carboxylic acids is 2. The van der Waals surface area contributed by atoms with Gasteiger partial charge in [-0.3, -0.25) is 9.80 Å². The molecule has 2 aliphatic rings. The summed E-state index contributed by atoms with van der Waals surface area (Å²) < 4.78 is 11.3. The summed E-state index contributed by atoms with van der Waals surface area (Å²) >= 11 is 0. The third-order valence-corrected chi connectivity index (χ3v) is 8.31. The number of aromatic nitrogens is 4. The third-order valence-electron chi connectivity index (χ3n) is 8.31. The van der Waals surface area contributed by atoms with Crippen LogP contribution in [0.1, 0.15) is 84.5 Å². The quantitative estimate of drug-likeness (QED) is 0.201. The third kappa shape index (κ3) is 8.72. The van der Waals surface area contributed by atoms with Crippen LogP contribution >= 0.6 is 27.0 Å². The van der Waals surface area contributed by atoms with Crippen molar-refractivity contribution in [1.29, 1.82) is 0 Å². The predicted molar refractivity (Wildman–Crippen MR) is 202 cm³/mol. The fourth-order valence-electron chi connectivity index (χ4n) is 6.14. The molecule has 6 rings (SSSR count). The lowest BCUT2D eigenvalue weighted by Gasteiger charge is -2.27. The fraction of sp³-hybridized carbons (Fsp3) is 0.405. The Hall–Kier alpha value is -4.16. The highest BCUT2D eigenvalue weighted by molar-refractivity contribution is 7.59. The summed E-state index contributed by atoms with van der Waals surface area (Å²) in [4.78, 5) is 45.2. The molecule has 0 saturated carbocycles. The van der Waals surface area contributed by atoms with Crippen LogP contribution in [0.4, 0.5) is 9.59 Å². The molecular formula is C37H48N6O4S2. The van der Waals surface area contributed by atoms with E-state index in [9.17, 15) is 9.59 Å². The normalized spacial score (nSPS) is 17.8. The summed E-state index contributed by atoms with van der Waals surface area (Å²) in [6.07, 6.45) is 5.39. The highest BCUT2D eigenvalue weighted by Crippen LogP contribution is 2.36. The number of ether oxygens (including phenoxy) is 2. The second-order valence-corrected chi connectivity index (χ2v) is 14.4. The van der Waals surface area contributed by atoms with E-state index >= 15 is 0 Å². The second kappa shape index (κ2) is 14.8. The van der Waals surface area contributed by atoms with Crippen LogP contribution in [0.3, 0.4) is 0 Å². The van der Waals surface area contributed by atoms with Gasteiger partial charge in [-0.05, 0) is 83.1 Å². The molecule has 2 saturated heterocycles. The van der Waals surface area contributed by atoms with Gasteiger partial charge in [0, 0.05) is 13.1 Å². The minimum absolute atomic E-state index is 0. The van der Waals surface area contributed by atoms with Gasteiger partial charge in [0.1, 0.15) is 22.9 Å². The van der Waals surface area contributed by atoms with E-state index in [-0.39, 0.29) is 51.3 Å². The molecule has 262 valence electrons.